The van der Waals surface area contributed by atoms with E-state index in [1.165, 1.54) is 11.1 Å². The summed E-state index contributed by atoms with van der Waals surface area (Å²) in [5, 5.41) is 0.729. The molecule has 0 radical (unpaired) electrons. The van der Waals surface area contributed by atoms with Crippen molar-refractivity contribution in [3.05, 3.63) is 57.9 Å². The summed E-state index contributed by atoms with van der Waals surface area (Å²) >= 11 is 6.60. The highest BCUT2D eigenvalue weighted by atomic mass is 35.5. The zero-order chi connectivity index (χ0) is 21.4. The topological polar surface area (TPSA) is 92.9 Å². The molecule has 0 saturated carbocycles. The summed E-state index contributed by atoms with van der Waals surface area (Å²) in [5.74, 6) is 1.81. The molecule has 0 fully saturated rings. The van der Waals surface area contributed by atoms with Crippen LogP contribution in [0.15, 0.2) is 41.2 Å². The number of fused-ring (bicyclic) bond motifs is 2. The molecule has 4 rings (SSSR count). The number of aromatic amines is 1. The normalized spacial score (nSPS) is 17.4. The van der Waals surface area contributed by atoms with Crippen LogP contribution < -0.4 is 15.4 Å². The number of nitrogens with one attached hydrogen (secondary N) is 1. The highest BCUT2D eigenvalue weighted by Crippen LogP contribution is 2.43. The number of halogens is 1. The van der Waals surface area contributed by atoms with Crippen LogP contribution in [-0.4, -0.2) is 33.6 Å². The van der Waals surface area contributed by atoms with Crippen molar-refractivity contribution >= 4 is 34.5 Å². The van der Waals surface area contributed by atoms with E-state index in [1.807, 2.05) is 19.9 Å². The number of anilines is 2. The summed E-state index contributed by atoms with van der Waals surface area (Å²) in [7, 11) is 1.70. The van der Waals surface area contributed by atoms with Crippen molar-refractivity contribution in [2.45, 2.75) is 33.2 Å². The molecule has 30 heavy (non-hydrogen) atoms. The maximum atomic E-state index is 6.60. The van der Waals surface area contributed by atoms with Gasteiger partial charge in [0.1, 0.15) is 11.3 Å². The number of benzene rings is 1. The van der Waals surface area contributed by atoms with Crippen molar-refractivity contribution in [1.82, 2.24) is 19.9 Å². The summed E-state index contributed by atoms with van der Waals surface area (Å²) < 4.78 is 5.56. The summed E-state index contributed by atoms with van der Waals surface area (Å²) in [4.78, 5) is 18.5. The third kappa shape index (κ3) is 3.39. The molecule has 2 aromatic heterocycles. The van der Waals surface area contributed by atoms with Crippen molar-refractivity contribution in [2.75, 3.05) is 24.3 Å². The van der Waals surface area contributed by atoms with Gasteiger partial charge in [0, 0.05) is 11.6 Å². The predicted octanol–water partition coefficient (Wildman–Crippen LogP) is 4.44. The van der Waals surface area contributed by atoms with Crippen molar-refractivity contribution in [3.8, 4) is 5.75 Å². The first-order chi connectivity index (χ1) is 14.4. The van der Waals surface area contributed by atoms with E-state index < -0.39 is 0 Å². The lowest BCUT2D eigenvalue weighted by molar-refractivity contribution is 0.410. The minimum atomic E-state index is -0.132. The Morgan fingerprint density at radius 3 is 2.87 bits per heavy atom. The van der Waals surface area contributed by atoms with E-state index in [-0.39, 0.29) is 12.0 Å². The number of hydrogen-bond donors (Lipinski definition) is 2. The molecule has 0 bridgehead atoms. The van der Waals surface area contributed by atoms with Gasteiger partial charge in [-0.25, -0.2) is 4.98 Å². The van der Waals surface area contributed by atoms with Gasteiger partial charge < -0.3 is 20.4 Å². The van der Waals surface area contributed by atoms with Gasteiger partial charge in [-0.15, -0.1) is 0 Å². The number of imidazole rings is 1. The molecule has 7 nitrogen and oxygen atoms in total. The summed E-state index contributed by atoms with van der Waals surface area (Å²) in [6, 6.07) is 4.18. The maximum Gasteiger partial charge on any atom is 0.224 e. The Balaban J connectivity index is 1.98. The van der Waals surface area contributed by atoms with Crippen molar-refractivity contribution in [1.29, 1.82) is 0 Å². The second kappa shape index (κ2) is 7.99. The van der Waals surface area contributed by atoms with Gasteiger partial charge in [0.25, 0.3) is 0 Å². The predicted molar refractivity (Wildman–Crippen MR) is 121 cm³/mol. The van der Waals surface area contributed by atoms with Crippen molar-refractivity contribution in [3.63, 3.8) is 0 Å². The van der Waals surface area contributed by atoms with E-state index in [2.05, 4.69) is 50.0 Å². The zero-order valence-electron chi connectivity index (χ0n) is 17.5. The van der Waals surface area contributed by atoms with Gasteiger partial charge in [-0.1, -0.05) is 23.8 Å². The van der Waals surface area contributed by atoms with Crippen LogP contribution in [0.1, 0.15) is 36.6 Å². The number of hydrogen-bond acceptors (Lipinski definition) is 6. The fraction of sp³-hybridized carbons (Fsp3) is 0.318. The molecule has 0 amide bonds. The number of nitrogens with zero attached hydrogens (tertiary/aromatic N) is 4. The number of aromatic nitrogens is 4. The molecule has 0 aliphatic carbocycles. The van der Waals surface area contributed by atoms with Crippen molar-refractivity contribution < 1.29 is 4.74 Å². The lowest BCUT2D eigenvalue weighted by atomic mass is 9.86. The van der Waals surface area contributed by atoms with Crippen LogP contribution >= 0.6 is 11.6 Å². The second-order valence-corrected chi connectivity index (χ2v) is 7.93. The number of nitrogens with two attached hydrogens (primary N) is 1. The van der Waals surface area contributed by atoms with Gasteiger partial charge in [0.15, 0.2) is 11.5 Å². The molecule has 0 spiro atoms. The van der Waals surface area contributed by atoms with Crippen molar-refractivity contribution in [2.24, 2.45) is 0 Å². The van der Waals surface area contributed by atoms with E-state index in [0.29, 0.717) is 5.65 Å². The average Bonchev–Trinajstić information content (AvgIpc) is 3.18. The molecule has 1 aromatic carbocycles. The number of aryl methyl sites for hydroxylation is 1. The number of nitrogen functional groups attached to an aromatic ring is 1. The van der Waals surface area contributed by atoms with Gasteiger partial charge >= 0.3 is 0 Å². The van der Waals surface area contributed by atoms with Gasteiger partial charge in [-0.3, -0.25) is 0 Å². The van der Waals surface area contributed by atoms with E-state index in [4.69, 9.17) is 22.1 Å². The minimum Gasteiger partial charge on any atom is -0.496 e. The third-order valence-electron chi connectivity index (χ3n) is 5.48. The Morgan fingerprint density at radius 1 is 1.37 bits per heavy atom. The fourth-order valence-electron chi connectivity index (χ4n) is 4.16. The molecule has 1 aliphatic heterocycles. The molecule has 1 unspecified atom stereocenters. The smallest absolute Gasteiger partial charge is 0.224 e. The number of ether oxygens (including phenoxy) is 1. The molecule has 3 N–H and O–H groups in total. The Labute approximate surface area is 180 Å². The molecule has 3 aromatic rings. The number of H-pyrrole nitrogens is 1. The standard InChI is InChI=1S/C22H25ClN6O/c1-5-6-15(13(3)23)19-16-9-12(2)17(30-4)10-14(16)7-8-29(19)21-18-20(26-11-25-18)27-22(24)28-21/h5-6,9-11,19H,7-8H2,1-4H3,(H3,24,25,26,27,28). The summed E-state index contributed by atoms with van der Waals surface area (Å²) in [6.45, 7) is 6.69. The monoisotopic (exact) mass is 424 g/mol. The van der Waals surface area contributed by atoms with Crippen LogP contribution in [-0.2, 0) is 6.42 Å². The van der Waals surface area contributed by atoms with Crippen LogP contribution in [0.2, 0.25) is 0 Å². The lowest BCUT2D eigenvalue weighted by Gasteiger charge is -2.39. The maximum absolute atomic E-state index is 6.60. The lowest BCUT2D eigenvalue weighted by Crippen LogP contribution is -2.37. The molecule has 3 heterocycles. The molecule has 1 atom stereocenters. The van der Waals surface area contributed by atoms with Crippen LogP contribution in [0.25, 0.3) is 11.2 Å². The Bertz CT molecular complexity index is 1160. The zero-order valence-corrected chi connectivity index (χ0v) is 18.3. The first kappa shape index (κ1) is 20.2. The largest absolute Gasteiger partial charge is 0.496 e. The quantitative estimate of drug-likeness (QED) is 0.601. The summed E-state index contributed by atoms with van der Waals surface area (Å²) in [5.41, 5.74) is 11.8. The third-order valence-corrected chi connectivity index (χ3v) is 5.70. The van der Waals surface area contributed by atoms with Crippen LogP contribution in [0.5, 0.6) is 5.75 Å². The first-order valence-electron chi connectivity index (χ1n) is 9.84. The fourth-order valence-corrected chi connectivity index (χ4v) is 4.33. The molecule has 8 heteroatoms. The van der Waals surface area contributed by atoms with Crippen LogP contribution in [0.4, 0.5) is 11.8 Å². The van der Waals surface area contributed by atoms with Crippen LogP contribution in [0, 0.1) is 6.92 Å². The van der Waals surface area contributed by atoms with E-state index in [0.717, 1.165) is 46.2 Å². The molecule has 156 valence electrons. The highest BCUT2D eigenvalue weighted by molar-refractivity contribution is 6.29. The average molecular weight is 425 g/mol. The van der Waals surface area contributed by atoms with Crippen LogP contribution in [0.3, 0.4) is 0 Å². The Hall–Kier alpha value is -3.06. The van der Waals surface area contributed by atoms with Gasteiger partial charge in [-0.05, 0) is 61.6 Å². The first-order valence-corrected chi connectivity index (χ1v) is 10.2. The van der Waals surface area contributed by atoms with E-state index in [1.54, 1.807) is 13.4 Å². The molecule has 1 aliphatic rings. The SMILES string of the molecule is CC=CC(=C(C)Cl)C1c2cc(C)c(OC)cc2CCN1c1nc(N)nc2nc[nH]c12. The number of allylic oxidation sites excluding steroid dienone is 2. The second-order valence-electron chi connectivity index (χ2n) is 7.36. The minimum absolute atomic E-state index is 0.132. The summed E-state index contributed by atoms with van der Waals surface area (Å²) in [6.07, 6.45) is 6.51. The van der Waals surface area contributed by atoms with Gasteiger partial charge in [0.05, 0.1) is 19.5 Å². The van der Waals surface area contributed by atoms with Gasteiger partial charge in [0.2, 0.25) is 5.95 Å². The van der Waals surface area contributed by atoms with Gasteiger partial charge in [-0.2, -0.15) is 9.97 Å². The number of rotatable bonds is 4. The molecular formula is C22H25ClN6O. The van der Waals surface area contributed by atoms with E-state index in [9.17, 15) is 0 Å². The Kier molecular flexibility index (Phi) is 5.39. The molecule has 0 saturated heterocycles. The Morgan fingerprint density at radius 2 is 2.17 bits per heavy atom. The highest BCUT2D eigenvalue weighted by Gasteiger charge is 2.33. The van der Waals surface area contributed by atoms with E-state index >= 15 is 0 Å². The molecular weight excluding hydrogens is 400 g/mol. The number of methoxy groups -OCH3 is 1.